The summed E-state index contributed by atoms with van der Waals surface area (Å²) in [5, 5.41) is 23.7. The standard InChI is InChI=1S/C20H21BrN6O5/c1-20(2,3)32-19(30)23-15(18(28)29)11-27-25-17(24-26-27)12-4-7-14(8-5-12)31-16-9-6-13(21)10-22-16/h4-10,15H,11H2,1-3H3,(H,23,30)(H,28,29)/t15-/m0/s1. The van der Waals surface area contributed by atoms with Crippen molar-refractivity contribution in [2.75, 3.05) is 0 Å². The molecule has 3 rings (SSSR count). The Hall–Kier alpha value is -3.54. The highest BCUT2D eigenvalue weighted by Crippen LogP contribution is 2.23. The van der Waals surface area contributed by atoms with Crippen LogP contribution < -0.4 is 10.1 Å². The van der Waals surface area contributed by atoms with Gasteiger partial charge in [0.25, 0.3) is 0 Å². The molecule has 3 aromatic rings. The molecule has 1 atom stereocenters. The van der Waals surface area contributed by atoms with Crippen LogP contribution in [0.4, 0.5) is 4.79 Å². The zero-order chi connectivity index (χ0) is 23.3. The van der Waals surface area contributed by atoms with Crippen LogP contribution in [0.15, 0.2) is 47.1 Å². The second-order valence-electron chi connectivity index (χ2n) is 7.65. The van der Waals surface area contributed by atoms with E-state index in [1.165, 1.54) is 0 Å². The predicted molar refractivity (Wildman–Crippen MR) is 116 cm³/mol. The number of carboxylic acids is 1. The lowest BCUT2D eigenvalue weighted by Gasteiger charge is -2.21. The third-order valence-electron chi connectivity index (χ3n) is 3.82. The summed E-state index contributed by atoms with van der Waals surface area (Å²) in [6.07, 6.45) is 0.787. The van der Waals surface area contributed by atoms with Gasteiger partial charge >= 0.3 is 12.1 Å². The Morgan fingerprint density at radius 1 is 1.19 bits per heavy atom. The van der Waals surface area contributed by atoms with E-state index in [4.69, 9.17) is 9.47 Å². The number of carboxylic acid groups (broad SMARTS) is 1. The topological polar surface area (TPSA) is 141 Å². The van der Waals surface area contributed by atoms with Gasteiger partial charge in [0, 0.05) is 22.3 Å². The number of nitrogens with zero attached hydrogens (tertiary/aromatic N) is 5. The number of amides is 1. The van der Waals surface area contributed by atoms with Crippen molar-refractivity contribution in [1.29, 1.82) is 0 Å². The minimum absolute atomic E-state index is 0.224. The van der Waals surface area contributed by atoms with Gasteiger partial charge in [0.2, 0.25) is 11.7 Å². The van der Waals surface area contributed by atoms with Crippen molar-refractivity contribution in [2.24, 2.45) is 0 Å². The molecule has 12 heteroatoms. The lowest BCUT2D eigenvalue weighted by molar-refractivity contribution is -0.140. The lowest BCUT2D eigenvalue weighted by Crippen LogP contribution is -2.46. The molecule has 1 aromatic carbocycles. The van der Waals surface area contributed by atoms with Gasteiger partial charge in [-0.25, -0.2) is 14.6 Å². The van der Waals surface area contributed by atoms with Crippen molar-refractivity contribution < 1.29 is 24.2 Å². The molecule has 0 fully saturated rings. The highest BCUT2D eigenvalue weighted by atomic mass is 79.9. The molecule has 32 heavy (non-hydrogen) atoms. The number of benzene rings is 1. The summed E-state index contributed by atoms with van der Waals surface area (Å²) in [6.45, 7) is 4.82. The fourth-order valence-electron chi connectivity index (χ4n) is 2.45. The number of carbonyl (C=O) groups excluding carboxylic acids is 1. The molecule has 0 aliphatic heterocycles. The summed E-state index contributed by atoms with van der Waals surface area (Å²) in [5.41, 5.74) is -0.103. The summed E-state index contributed by atoms with van der Waals surface area (Å²) >= 11 is 3.31. The van der Waals surface area contributed by atoms with Gasteiger partial charge in [0.05, 0.1) is 6.54 Å². The fourth-order valence-corrected chi connectivity index (χ4v) is 2.68. The molecule has 11 nitrogen and oxygen atoms in total. The first-order chi connectivity index (χ1) is 15.1. The molecule has 0 radical (unpaired) electrons. The van der Waals surface area contributed by atoms with Crippen LogP contribution in [0.5, 0.6) is 11.6 Å². The van der Waals surface area contributed by atoms with Crippen molar-refractivity contribution >= 4 is 28.0 Å². The number of aliphatic carboxylic acids is 1. The summed E-state index contributed by atoms with van der Waals surface area (Å²) in [6, 6.07) is 9.19. The van der Waals surface area contributed by atoms with E-state index < -0.39 is 23.7 Å². The normalized spacial score (nSPS) is 12.1. The van der Waals surface area contributed by atoms with E-state index in [9.17, 15) is 14.7 Å². The van der Waals surface area contributed by atoms with Crippen LogP contribution in [0.3, 0.4) is 0 Å². The van der Waals surface area contributed by atoms with E-state index in [0.29, 0.717) is 23.0 Å². The van der Waals surface area contributed by atoms with E-state index in [1.807, 2.05) is 6.07 Å². The van der Waals surface area contributed by atoms with Crippen molar-refractivity contribution in [3.63, 3.8) is 0 Å². The summed E-state index contributed by atoms with van der Waals surface area (Å²) < 4.78 is 11.6. The lowest BCUT2D eigenvalue weighted by atomic mass is 10.2. The Bertz CT molecular complexity index is 1080. The summed E-state index contributed by atoms with van der Waals surface area (Å²) in [4.78, 5) is 28.6. The SMILES string of the molecule is CC(C)(C)OC(=O)N[C@@H](Cn1nnc(-c2ccc(Oc3ccc(Br)cn3)cc2)n1)C(=O)O. The number of rotatable bonds is 7. The molecule has 0 saturated heterocycles. The second-order valence-corrected chi connectivity index (χ2v) is 8.56. The summed E-state index contributed by atoms with van der Waals surface area (Å²) in [7, 11) is 0. The molecule has 0 spiro atoms. The van der Waals surface area contributed by atoms with Crippen molar-refractivity contribution in [1.82, 2.24) is 30.5 Å². The second kappa shape index (κ2) is 9.73. The highest BCUT2D eigenvalue weighted by Gasteiger charge is 2.25. The zero-order valence-electron chi connectivity index (χ0n) is 17.5. The molecule has 2 aromatic heterocycles. The Kier molecular flexibility index (Phi) is 7.03. The average molecular weight is 505 g/mol. The number of alkyl carbamates (subject to hydrolysis) is 1. The van der Waals surface area contributed by atoms with Crippen LogP contribution in [0.2, 0.25) is 0 Å². The van der Waals surface area contributed by atoms with Gasteiger partial charge in [-0.1, -0.05) is 0 Å². The number of halogens is 1. The van der Waals surface area contributed by atoms with Crippen LogP contribution in [-0.4, -0.2) is 54.0 Å². The first kappa shape index (κ1) is 23.1. The van der Waals surface area contributed by atoms with Gasteiger partial charge in [0.15, 0.2) is 6.04 Å². The molecule has 0 bridgehead atoms. The zero-order valence-corrected chi connectivity index (χ0v) is 19.1. The van der Waals surface area contributed by atoms with Gasteiger partial charge in [-0.2, -0.15) is 4.80 Å². The number of hydrogen-bond donors (Lipinski definition) is 2. The minimum Gasteiger partial charge on any atom is -0.480 e. The van der Waals surface area contributed by atoms with E-state index in [-0.39, 0.29) is 6.54 Å². The molecule has 0 aliphatic rings. The Balaban J connectivity index is 1.64. The molecule has 0 aliphatic carbocycles. The number of hydrogen-bond acceptors (Lipinski definition) is 8. The van der Waals surface area contributed by atoms with E-state index >= 15 is 0 Å². The van der Waals surface area contributed by atoms with E-state index in [2.05, 4.69) is 41.6 Å². The Labute approximate surface area is 191 Å². The fraction of sp³-hybridized carbons (Fsp3) is 0.300. The first-order valence-corrected chi connectivity index (χ1v) is 10.3. The van der Waals surface area contributed by atoms with Gasteiger partial charge in [-0.3, -0.25) is 0 Å². The maximum atomic E-state index is 11.9. The van der Waals surface area contributed by atoms with Crippen LogP contribution >= 0.6 is 15.9 Å². The predicted octanol–water partition coefficient (Wildman–Crippen LogP) is 3.27. The number of pyridine rings is 1. The maximum absolute atomic E-state index is 11.9. The van der Waals surface area contributed by atoms with E-state index in [1.54, 1.807) is 57.3 Å². The largest absolute Gasteiger partial charge is 0.480 e. The third kappa shape index (κ3) is 6.74. The number of aromatic nitrogens is 5. The van der Waals surface area contributed by atoms with Gasteiger partial charge < -0.3 is 19.9 Å². The van der Waals surface area contributed by atoms with Crippen molar-refractivity contribution in [2.45, 2.75) is 39.0 Å². The molecule has 168 valence electrons. The van der Waals surface area contributed by atoms with Crippen LogP contribution in [0.1, 0.15) is 20.8 Å². The first-order valence-electron chi connectivity index (χ1n) is 9.49. The van der Waals surface area contributed by atoms with Gasteiger partial charge in [-0.05, 0) is 72.2 Å². The molecule has 2 heterocycles. The summed E-state index contributed by atoms with van der Waals surface area (Å²) in [5.74, 6) is 0.0585. The smallest absolute Gasteiger partial charge is 0.408 e. The minimum atomic E-state index is -1.29. The van der Waals surface area contributed by atoms with Crippen LogP contribution in [0.25, 0.3) is 11.4 Å². The molecule has 0 saturated carbocycles. The number of carbonyl (C=O) groups is 2. The van der Waals surface area contributed by atoms with Gasteiger partial charge in [-0.15, -0.1) is 10.2 Å². The molecule has 2 N–H and O–H groups in total. The highest BCUT2D eigenvalue weighted by molar-refractivity contribution is 9.10. The van der Waals surface area contributed by atoms with Crippen LogP contribution in [0, 0.1) is 0 Å². The van der Waals surface area contributed by atoms with Gasteiger partial charge in [0.1, 0.15) is 11.4 Å². The Morgan fingerprint density at radius 3 is 2.50 bits per heavy atom. The monoisotopic (exact) mass is 504 g/mol. The quantitative estimate of drug-likeness (QED) is 0.495. The maximum Gasteiger partial charge on any atom is 0.408 e. The van der Waals surface area contributed by atoms with Crippen LogP contribution in [-0.2, 0) is 16.1 Å². The number of tetrazole rings is 1. The molecule has 1 amide bonds. The van der Waals surface area contributed by atoms with Crippen molar-refractivity contribution in [3.05, 3.63) is 47.1 Å². The molecular formula is C20H21BrN6O5. The molecular weight excluding hydrogens is 484 g/mol. The number of ether oxygens (including phenoxy) is 2. The van der Waals surface area contributed by atoms with E-state index in [0.717, 1.165) is 9.27 Å². The average Bonchev–Trinajstić information content (AvgIpc) is 3.17. The molecule has 0 unspecified atom stereocenters. The number of nitrogens with one attached hydrogen (secondary N) is 1. The Morgan fingerprint density at radius 2 is 1.91 bits per heavy atom. The van der Waals surface area contributed by atoms with Crippen molar-refractivity contribution in [3.8, 4) is 23.0 Å². The third-order valence-corrected chi connectivity index (χ3v) is 4.29.